The Balaban J connectivity index is 1.81. The number of hydrogen-bond donors (Lipinski definition) is 2. The minimum atomic E-state index is -0.530. The Kier molecular flexibility index (Phi) is 6.86. The van der Waals surface area contributed by atoms with Gasteiger partial charge in [-0.1, -0.05) is 0 Å². The summed E-state index contributed by atoms with van der Waals surface area (Å²) in [5, 5.41) is 6.25. The highest BCUT2D eigenvalue weighted by Crippen LogP contribution is 2.16. The fourth-order valence-corrected chi connectivity index (χ4v) is 3.00. The van der Waals surface area contributed by atoms with Gasteiger partial charge in [0.05, 0.1) is 6.04 Å². The van der Waals surface area contributed by atoms with Crippen molar-refractivity contribution >= 4 is 12.0 Å². The predicted molar refractivity (Wildman–Crippen MR) is 90.8 cm³/mol. The van der Waals surface area contributed by atoms with Gasteiger partial charge in [0.2, 0.25) is 5.91 Å². The van der Waals surface area contributed by atoms with Crippen LogP contribution in [0.4, 0.5) is 4.79 Å². The summed E-state index contributed by atoms with van der Waals surface area (Å²) in [4.78, 5) is 26.3. The minimum Gasteiger partial charge on any atom is -0.444 e. The highest BCUT2D eigenvalue weighted by Gasteiger charge is 2.31. The molecular weight excluding hydrogens is 310 g/mol. The van der Waals surface area contributed by atoms with E-state index in [9.17, 15) is 9.59 Å². The molecule has 2 amide bonds. The predicted octanol–water partition coefficient (Wildman–Crippen LogP) is 1.13. The summed E-state index contributed by atoms with van der Waals surface area (Å²) in [6.45, 7) is 9.69. The van der Waals surface area contributed by atoms with E-state index in [1.165, 1.54) is 0 Å². The molecule has 0 aromatic heterocycles. The van der Waals surface area contributed by atoms with Crippen molar-refractivity contribution < 1.29 is 19.1 Å². The summed E-state index contributed by atoms with van der Waals surface area (Å²) in [5.41, 5.74) is -0.530. The normalized spacial score (nSPS) is 23.0. The van der Waals surface area contributed by atoms with E-state index in [0.29, 0.717) is 32.0 Å². The van der Waals surface area contributed by atoms with E-state index in [1.54, 1.807) is 4.90 Å². The molecule has 1 unspecified atom stereocenters. The van der Waals surface area contributed by atoms with Gasteiger partial charge < -0.3 is 25.0 Å². The van der Waals surface area contributed by atoms with E-state index < -0.39 is 5.60 Å². The first-order valence-corrected chi connectivity index (χ1v) is 8.90. The SMILES string of the molecule is CC(C)(C)OC(=O)N1CCNCC1CC(=O)NCC1CCOCC1. The second-order valence-electron chi connectivity index (χ2n) is 7.60. The maximum atomic E-state index is 12.3. The Morgan fingerprint density at radius 3 is 2.67 bits per heavy atom. The lowest BCUT2D eigenvalue weighted by Gasteiger charge is -2.37. The molecule has 0 aliphatic carbocycles. The topological polar surface area (TPSA) is 79.9 Å². The summed E-state index contributed by atoms with van der Waals surface area (Å²) in [7, 11) is 0. The van der Waals surface area contributed by atoms with Gasteiger partial charge >= 0.3 is 6.09 Å². The van der Waals surface area contributed by atoms with Crippen molar-refractivity contribution in [2.45, 2.75) is 51.7 Å². The molecule has 2 aliphatic heterocycles. The fraction of sp³-hybridized carbons (Fsp3) is 0.882. The Morgan fingerprint density at radius 1 is 1.29 bits per heavy atom. The maximum Gasteiger partial charge on any atom is 0.410 e. The zero-order valence-electron chi connectivity index (χ0n) is 15.1. The molecule has 7 nitrogen and oxygen atoms in total. The van der Waals surface area contributed by atoms with Gasteiger partial charge in [-0.25, -0.2) is 4.79 Å². The zero-order chi connectivity index (χ0) is 17.6. The molecule has 2 fully saturated rings. The lowest BCUT2D eigenvalue weighted by Crippen LogP contribution is -2.56. The van der Waals surface area contributed by atoms with Gasteiger partial charge in [-0.2, -0.15) is 0 Å². The molecule has 2 saturated heterocycles. The lowest BCUT2D eigenvalue weighted by molar-refractivity contribution is -0.122. The molecule has 24 heavy (non-hydrogen) atoms. The monoisotopic (exact) mass is 341 g/mol. The second-order valence-corrected chi connectivity index (χ2v) is 7.60. The molecular formula is C17H31N3O4. The van der Waals surface area contributed by atoms with Crippen LogP contribution >= 0.6 is 0 Å². The Morgan fingerprint density at radius 2 is 2.00 bits per heavy atom. The van der Waals surface area contributed by atoms with E-state index >= 15 is 0 Å². The van der Waals surface area contributed by atoms with E-state index in [4.69, 9.17) is 9.47 Å². The molecule has 7 heteroatoms. The molecule has 0 aromatic carbocycles. The van der Waals surface area contributed by atoms with E-state index in [2.05, 4.69) is 10.6 Å². The molecule has 2 rings (SSSR count). The van der Waals surface area contributed by atoms with Crippen molar-refractivity contribution in [2.24, 2.45) is 5.92 Å². The van der Waals surface area contributed by atoms with Gasteiger partial charge in [-0.15, -0.1) is 0 Å². The third-order valence-electron chi connectivity index (χ3n) is 4.33. The third-order valence-corrected chi connectivity index (χ3v) is 4.33. The number of ether oxygens (including phenoxy) is 2. The number of amides is 2. The fourth-order valence-electron chi connectivity index (χ4n) is 3.00. The van der Waals surface area contributed by atoms with Gasteiger partial charge in [0.1, 0.15) is 5.60 Å². The largest absolute Gasteiger partial charge is 0.444 e. The molecule has 0 radical (unpaired) electrons. The number of hydrogen-bond acceptors (Lipinski definition) is 5. The van der Waals surface area contributed by atoms with E-state index in [1.807, 2.05) is 20.8 Å². The number of carbonyl (C=O) groups excluding carboxylic acids is 2. The minimum absolute atomic E-state index is 0.0104. The third kappa shape index (κ3) is 6.28. The quantitative estimate of drug-likeness (QED) is 0.801. The van der Waals surface area contributed by atoms with Crippen LogP contribution in [-0.4, -0.2) is 67.9 Å². The van der Waals surface area contributed by atoms with Crippen LogP contribution in [0.5, 0.6) is 0 Å². The van der Waals surface area contributed by atoms with Crippen LogP contribution in [0.1, 0.15) is 40.0 Å². The second kappa shape index (κ2) is 8.67. The van der Waals surface area contributed by atoms with E-state index in [0.717, 1.165) is 32.6 Å². The molecule has 0 spiro atoms. The van der Waals surface area contributed by atoms with Crippen molar-refractivity contribution in [2.75, 3.05) is 39.4 Å². The molecule has 2 heterocycles. The lowest BCUT2D eigenvalue weighted by atomic mass is 10.0. The van der Waals surface area contributed by atoms with Crippen LogP contribution in [0.3, 0.4) is 0 Å². The first-order chi connectivity index (χ1) is 11.3. The highest BCUT2D eigenvalue weighted by molar-refractivity contribution is 5.78. The summed E-state index contributed by atoms with van der Waals surface area (Å²) in [6.07, 6.45) is 1.95. The van der Waals surface area contributed by atoms with Crippen LogP contribution in [0, 0.1) is 5.92 Å². The summed E-state index contributed by atoms with van der Waals surface area (Å²) >= 11 is 0. The zero-order valence-corrected chi connectivity index (χ0v) is 15.1. The molecule has 0 aromatic rings. The molecule has 1 atom stereocenters. The average Bonchev–Trinajstić information content (AvgIpc) is 2.53. The molecule has 0 bridgehead atoms. The van der Waals surface area contributed by atoms with Crippen LogP contribution in [-0.2, 0) is 14.3 Å². The molecule has 138 valence electrons. The van der Waals surface area contributed by atoms with Crippen molar-refractivity contribution in [3.8, 4) is 0 Å². The van der Waals surface area contributed by atoms with Crippen molar-refractivity contribution in [1.29, 1.82) is 0 Å². The summed E-state index contributed by atoms with van der Waals surface area (Å²) < 4.78 is 10.8. The molecule has 2 N–H and O–H groups in total. The van der Waals surface area contributed by atoms with Gasteiger partial charge in [0, 0.05) is 45.8 Å². The van der Waals surface area contributed by atoms with Crippen LogP contribution in [0.2, 0.25) is 0 Å². The number of nitrogens with one attached hydrogen (secondary N) is 2. The van der Waals surface area contributed by atoms with Gasteiger partial charge in [0.25, 0.3) is 0 Å². The van der Waals surface area contributed by atoms with Crippen LogP contribution in [0.25, 0.3) is 0 Å². The first-order valence-electron chi connectivity index (χ1n) is 8.90. The number of nitrogens with zero attached hydrogens (tertiary/aromatic N) is 1. The number of piperazine rings is 1. The summed E-state index contributed by atoms with van der Waals surface area (Å²) in [6, 6.07) is -0.164. The van der Waals surface area contributed by atoms with Gasteiger partial charge in [-0.3, -0.25) is 4.79 Å². The Hall–Kier alpha value is -1.34. The maximum absolute atomic E-state index is 12.3. The number of rotatable bonds is 4. The van der Waals surface area contributed by atoms with Crippen molar-refractivity contribution in [3.05, 3.63) is 0 Å². The first kappa shape index (κ1) is 19.0. The van der Waals surface area contributed by atoms with Gasteiger partial charge in [-0.05, 0) is 39.5 Å². The van der Waals surface area contributed by atoms with Crippen LogP contribution in [0.15, 0.2) is 0 Å². The van der Waals surface area contributed by atoms with E-state index in [-0.39, 0.29) is 18.0 Å². The van der Waals surface area contributed by atoms with Crippen molar-refractivity contribution in [1.82, 2.24) is 15.5 Å². The Labute approximate surface area is 144 Å². The van der Waals surface area contributed by atoms with Crippen molar-refractivity contribution in [3.63, 3.8) is 0 Å². The highest BCUT2D eigenvalue weighted by atomic mass is 16.6. The number of carbonyl (C=O) groups is 2. The van der Waals surface area contributed by atoms with Crippen LogP contribution < -0.4 is 10.6 Å². The average molecular weight is 341 g/mol. The smallest absolute Gasteiger partial charge is 0.410 e. The standard InChI is InChI=1S/C17H31N3O4/c1-17(2,3)24-16(22)20-7-6-18-12-14(20)10-15(21)19-11-13-4-8-23-9-5-13/h13-14,18H,4-12H2,1-3H3,(H,19,21). The van der Waals surface area contributed by atoms with Gasteiger partial charge in [0.15, 0.2) is 0 Å². The molecule has 0 saturated carbocycles. The molecule has 2 aliphatic rings. The summed E-state index contributed by atoms with van der Waals surface area (Å²) in [5.74, 6) is 0.484. The Bertz CT molecular complexity index is 430.